The van der Waals surface area contributed by atoms with Crippen molar-refractivity contribution in [2.45, 2.75) is 5.16 Å². The van der Waals surface area contributed by atoms with Crippen LogP contribution in [0.1, 0.15) is 0 Å². The van der Waals surface area contributed by atoms with Crippen LogP contribution in [0.4, 0.5) is 0 Å². The van der Waals surface area contributed by atoms with E-state index in [2.05, 4.69) is 15.1 Å². The Kier molecular flexibility index (Phi) is 5.13. The van der Waals surface area contributed by atoms with E-state index >= 15 is 0 Å². The molecule has 0 aliphatic carbocycles. The average molecular weight is 399 g/mol. The quantitative estimate of drug-likeness (QED) is 0.302. The molecule has 0 atom stereocenters. The zero-order chi connectivity index (χ0) is 18.6. The molecule has 2 heterocycles. The van der Waals surface area contributed by atoms with Crippen LogP contribution in [0.3, 0.4) is 0 Å². The fourth-order valence-electron chi connectivity index (χ4n) is 2.58. The Labute approximate surface area is 164 Å². The molecule has 1 N–H and O–H groups in total. The summed E-state index contributed by atoms with van der Waals surface area (Å²) in [5.41, 5.74) is 1.18. The highest BCUT2D eigenvalue weighted by Crippen LogP contribution is 2.19. The minimum Gasteiger partial charge on any atom is -0.493 e. The normalized spacial score (nSPS) is 11.0. The number of hydrogen-bond donors (Lipinski definition) is 1. The van der Waals surface area contributed by atoms with E-state index in [1.807, 2.05) is 42.5 Å². The number of nitrogens with zero attached hydrogens (tertiary/aromatic N) is 3. The van der Waals surface area contributed by atoms with Crippen molar-refractivity contribution in [3.8, 4) is 11.4 Å². The number of aromatic nitrogens is 4. The molecule has 0 aliphatic rings. The fourth-order valence-corrected chi connectivity index (χ4v) is 3.44. The van der Waals surface area contributed by atoms with Crippen LogP contribution in [0.25, 0.3) is 16.7 Å². The molecule has 136 valence electrons. The minimum atomic E-state index is -0.208. The molecule has 0 amide bonds. The first-order valence-corrected chi connectivity index (χ1v) is 9.62. The highest BCUT2D eigenvalue weighted by Gasteiger charge is 2.11. The Morgan fingerprint density at radius 1 is 1.15 bits per heavy atom. The summed E-state index contributed by atoms with van der Waals surface area (Å²) < 4.78 is 7.33. The molecule has 0 saturated heterocycles. The number of ether oxygens (including phenoxy) is 1. The predicted octanol–water partition coefficient (Wildman–Crippen LogP) is 3.93. The van der Waals surface area contributed by atoms with E-state index in [4.69, 9.17) is 16.3 Å². The van der Waals surface area contributed by atoms with Gasteiger partial charge in [-0.15, -0.1) is 0 Å². The van der Waals surface area contributed by atoms with Crippen LogP contribution < -0.4 is 10.3 Å². The third kappa shape index (κ3) is 3.99. The highest BCUT2D eigenvalue weighted by atomic mass is 35.5. The Hall–Kier alpha value is -2.77. The summed E-state index contributed by atoms with van der Waals surface area (Å²) in [6, 6.07) is 16.8. The molecule has 8 heteroatoms. The van der Waals surface area contributed by atoms with Crippen molar-refractivity contribution in [2.24, 2.45) is 0 Å². The van der Waals surface area contributed by atoms with E-state index in [1.54, 1.807) is 16.8 Å². The van der Waals surface area contributed by atoms with Gasteiger partial charge >= 0.3 is 0 Å². The first-order valence-electron chi connectivity index (χ1n) is 8.25. The van der Waals surface area contributed by atoms with E-state index in [0.29, 0.717) is 39.3 Å². The summed E-state index contributed by atoms with van der Waals surface area (Å²) >= 11 is 7.35. The Bertz CT molecular complexity index is 1130. The Morgan fingerprint density at radius 2 is 2.00 bits per heavy atom. The van der Waals surface area contributed by atoms with Crippen LogP contribution in [-0.4, -0.2) is 32.1 Å². The van der Waals surface area contributed by atoms with E-state index in [-0.39, 0.29) is 5.56 Å². The summed E-state index contributed by atoms with van der Waals surface area (Å²) in [4.78, 5) is 19.7. The van der Waals surface area contributed by atoms with Crippen molar-refractivity contribution in [3.05, 3.63) is 76.2 Å². The maximum atomic E-state index is 12.3. The molecule has 0 spiro atoms. The van der Waals surface area contributed by atoms with Crippen LogP contribution in [-0.2, 0) is 0 Å². The summed E-state index contributed by atoms with van der Waals surface area (Å²) in [6.45, 7) is 0.463. The third-order valence-electron chi connectivity index (χ3n) is 3.80. The zero-order valence-electron chi connectivity index (χ0n) is 14.1. The van der Waals surface area contributed by atoms with Gasteiger partial charge in [0, 0.05) is 10.8 Å². The fraction of sp³-hybridized carbons (Fsp3) is 0.105. The number of thioether (sulfide) groups is 1. The van der Waals surface area contributed by atoms with E-state index in [0.717, 1.165) is 5.69 Å². The molecular weight excluding hydrogens is 384 g/mol. The molecule has 0 saturated carbocycles. The molecule has 0 unspecified atom stereocenters. The third-order valence-corrected chi connectivity index (χ3v) is 4.88. The molecule has 2 aromatic heterocycles. The van der Waals surface area contributed by atoms with Gasteiger partial charge < -0.3 is 9.72 Å². The van der Waals surface area contributed by atoms with Gasteiger partial charge in [0.2, 0.25) is 0 Å². The molecule has 0 aliphatic heterocycles. The maximum absolute atomic E-state index is 12.3. The molecule has 0 fully saturated rings. The number of nitrogens with one attached hydrogen (secondary N) is 1. The molecule has 0 radical (unpaired) electrons. The van der Waals surface area contributed by atoms with Gasteiger partial charge in [-0.05, 0) is 30.3 Å². The largest absolute Gasteiger partial charge is 0.493 e. The number of H-pyrrole nitrogens is 1. The van der Waals surface area contributed by atoms with Crippen molar-refractivity contribution < 1.29 is 4.74 Å². The summed E-state index contributed by atoms with van der Waals surface area (Å²) in [5.74, 6) is 1.34. The van der Waals surface area contributed by atoms with Crippen LogP contribution in [0.2, 0.25) is 5.02 Å². The second kappa shape index (κ2) is 7.85. The second-order valence-electron chi connectivity index (χ2n) is 5.65. The average Bonchev–Trinajstić information content (AvgIpc) is 3.11. The van der Waals surface area contributed by atoms with Crippen LogP contribution in [0, 0.1) is 0 Å². The van der Waals surface area contributed by atoms with Gasteiger partial charge in [-0.2, -0.15) is 5.10 Å². The number of para-hydroxylation sites is 1. The lowest BCUT2D eigenvalue weighted by Crippen LogP contribution is -2.10. The second-order valence-corrected chi connectivity index (χ2v) is 7.17. The van der Waals surface area contributed by atoms with Gasteiger partial charge in [-0.1, -0.05) is 47.6 Å². The van der Waals surface area contributed by atoms with E-state index in [1.165, 1.54) is 18.0 Å². The Balaban J connectivity index is 1.50. The lowest BCUT2D eigenvalue weighted by molar-refractivity contribution is 0.344. The van der Waals surface area contributed by atoms with Gasteiger partial charge in [0.1, 0.15) is 11.1 Å². The summed E-state index contributed by atoms with van der Waals surface area (Å²) in [7, 11) is 0. The van der Waals surface area contributed by atoms with E-state index < -0.39 is 0 Å². The van der Waals surface area contributed by atoms with Gasteiger partial charge in [0.05, 0.1) is 18.5 Å². The van der Waals surface area contributed by atoms with Gasteiger partial charge in [-0.25, -0.2) is 9.67 Å². The van der Waals surface area contributed by atoms with E-state index in [9.17, 15) is 4.79 Å². The number of benzene rings is 2. The summed E-state index contributed by atoms with van der Waals surface area (Å²) in [5, 5.41) is 5.91. The smallest absolute Gasteiger partial charge is 0.262 e. The lowest BCUT2D eigenvalue weighted by Gasteiger charge is -2.06. The zero-order valence-corrected chi connectivity index (χ0v) is 15.7. The molecule has 6 nitrogen and oxygen atoms in total. The highest BCUT2D eigenvalue weighted by molar-refractivity contribution is 7.99. The molecule has 4 rings (SSSR count). The number of aromatic amines is 1. The van der Waals surface area contributed by atoms with Gasteiger partial charge in [0.25, 0.3) is 5.56 Å². The first-order chi connectivity index (χ1) is 13.2. The Morgan fingerprint density at radius 3 is 2.81 bits per heavy atom. The van der Waals surface area contributed by atoms with Crippen molar-refractivity contribution in [2.75, 3.05) is 12.4 Å². The van der Waals surface area contributed by atoms with Crippen molar-refractivity contribution in [3.63, 3.8) is 0 Å². The minimum absolute atomic E-state index is 0.208. The lowest BCUT2D eigenvalue weighted by atomic mass is 10.3. The molecule has 0 bridgehead atoms. The monoisotopic (exact) mass is 398 g/mol. The van der Waals surface area contributed by atoms with Crippen LogP contribution in [0.5, 0.6) is 5.75 Å². The number of halogens is 1. The topological polar surface area (TPSA) is 72.8 Å². The van der Waals surface area contributed by atoms with Crippen LogP contribution in [0.15, 0.2) is 70.7 Å². The maximum Gasteiger partial charge on any atom is 0.262 e. The standard InChI is InChI=1S/C19H15ClN4O2S/c20-13-5-4-8-15(11-13)26-9-10-27-19-22-17-16(18(25)23-19)12-21-24(17)14-6-2-1-3-7-14/h1-8,11-12H,9-10H2,(H,22,23,25). The van der Waals surface area contributed by atoms with Crippen molar-refractivity contribution in [1.82, 2.24) is 19.7 Å². The van der Waals surface area contributed by atoms with Crippen molar-refractivity contribution >= 4 is 34.4 Å². The van der Waals surface area contributed by atoms with Gasteiger partial charge in [0.15, 0.2) is 10.8 Å². The number of hydrogen-bond acceptors (Lipinski definition) is 5. The first kappa shape index (κ1) is 17.6. The SMILES string of the molecule is O=c1[nH]c(SCCOc2cccc(Cl)c2)nc2c1cnn2-c1ccccc1. The molecule has 2 aromatic carbocycles. The number of rotatable bonds is 6. The number of fused-ring (bicyclic) bond motifs is 1. The van der Waals surface area contributed by atoms with Crippen molar-refractivity contribution in [1.29, 1.82) is 0 Å². The van der Waals surface area contributed by atoms with Gasteiger partial charge in [-0.3, -0.25) is 4.79 Å². The molecule has 27 heavy (non-hydrogen) atoms. The summed E-state index contributed by atoms with van der Waals surface area (Å²) in [6.07, 6.45) is 1.53. The predicted molar refractivity (Wildman–Crippen MR) is 107 cm³/mol. The van der Waals surface area contributed by atoms with Crippen LogP contribution >= 0.6 is 23.4 Å². The molecular formula is C19H15ClN4O2S. The molecule has 4 aromatic rings.